The third-order valence-electron chi connectivity index (χ3n) is 4.14. The summed E-state index contributed by atoms with van der Waals surface area (Å²) in [6, 6.07) is 11.0. The molecular weight excluding hydrogens is 372 g/mol. The molecule has 1 heterocycles. The zero-order chi connectivity index (χ0) is 19.6. The number of fused-ring (bicyclic) bond motifs is 1. The third-order valence-corrected chi connectivity index (χ3v) is 5.39. The van der Waals surface area contributed by atoms with Gasteiger partial charge in [-0.3, -0.25) is 19.2 Å². The Morgan fingerprint density at radius 1 is 0.963 bits per heavy atom. The van der Waals surface area contributed by atoms with Crippen LogP contribution in [0.15, 0.2) is 42.5 Å². The number of rotatable bonds is 7. The van der Waals surface area contributed by atoms with Crippen LogP contribution in [0.2, 0.25) is 0 Å². The zero-order valence-electron chi connectivity index (χ0n) is 14.8. The second-order valence-corrected chi connectivity index (χ2v) is 7.64. The van der Waals surface area contributed by atoms with Crippen molar-refractivity contribution >= 4 is 27.5 Å². The van der Waals surface area contributed by atoms with E-state index in [4.69, 9.17) is 9.47 Å². The lowest BCUT2D eigenvalue weighted by Crippen LogP contribution is -2.35. The lowest BCUT2D eigenvalue weighted by atomic mass is 10.1. The first-order valence-electron chi connectivity index (χ1n) is 8.04. The van der Waals surface area contributed by atoms with E-state index in [2.05, 4.69) is 4.72 Å². The highest BCUT2D eigenvalue weighted by molar-refractivity contribution is 7.92. The van der Waals surface area contributed by atoms with E-state index < -0.39 is 27.6 Å². The largest absolute Gasteiger partial charge is 0.497 e. The molecule has 0 radical (unpaired) electrons. The Labute approximate surface area is 156 Å². The molecule has 0 saturated heterocycles. The molecule has 2 amide bonds. The van der Waals surface area contributed by atoms with Crippen LogP contribution in [0.5, 0.6) is 11.5 Å². The second-order valence-electron chi connectivity index (χ2n) is 5.79. The van der Waals surface area contributed by atoms with Crippen LogP contribution in [0.3, 0.4) is 0 Å². The molecule has 0 fully saturated rings. The van der Waals surface area contributed by atoms with Crippen LogP contribution in [0.25, 0.3) is 0 Å². The Kier molecular flexibility index (Phi) is 5.04. The molecule has 0 aliphatic carbocycles. The van der Waals surface area contributed by atoms with Crippen LogP contribution >= 0.6 is 0 Å². The summed E-state index contributed by atoms with van der Waals surface area (Å²) in [7, 11) is -0.930. The van der Waals surface area contributed by atoms with Gasteiger partial charge in [0.2, 0.25) is 10.0 Å². The molecule has 1 N–H and O–H groups in total. The number of hydrogen-bond acceptors (Lipinski definition) is 6. The normalized spacial score (nSPS) is 13.5. The minimum Gasteiger partial charge on any atom is -0.497 e. The second kappa shape index (κ2) is 7.28. The summed E-state index contributed by atoms with van der Waals surface area (Å²) < 4.78 is 37.5. The van der Waals surface area contributed by atoms with Gasteiger partial charge in [0.15, 0.2) is 0 Å². The molecule has 9 heteroatoms. The maximum absolute atomic E-state index is 12.4. The first kappa shape index (κ1) is 18.7. The fourth-order valence-corrected chi connectivity index (χ4v) is 3.78. The van der Waals surface area contributed by atoms with E-state index in [9.17, 15) is 18.0 Å². The number of nitrogens with zero attached hydrogens (tertiary/aromatic N) is 1. The number of anilines is 1. The molecule has 0 atom stereocenters. The number of methoxy groups -OCH3 is 2. The topological polar surface area (TPSA) is 102 Å². The molecule has 142 valence electrons. The highest BCUT2D eigenvalue weighted by Gasteiger charge is 2.35. The molecule has 3 rings (SSSR count). The van der Waals surface area contributed by atoms with E-state index in [1.165, 1.54) is 20.3 Å². The van der Waals surface area contributed by atoms with Crippen molar-refractivity contribution in [3.05, 3.63) is 53.6 Å². The number of ether oxygens (including phenoxy) is 2. The fourth-order valence-electron chi connectivity index (χ4n) is 2.76. The van der Waals surface area contributed by atoms with Crippen molar-refractivity contribution in [1.82, 2.24) is 4.90 Å². The van der Waals surface area contributed by atoms with E-state index in [-0.39, 0.29) is 23.4 Å². The van der Waals surface area contributed by atoms with Gasteiger partial charge < -0.3 is 9.47 Å². The molecule has 2 aromatic rings. The number of sulfonamides is 1. The van der Waals surface area contributed by atoms with Crippen LogP contribution in [0, 0.1) is 0 Å². The molecule has 8 nitrogen and oxygen atoms in total. The summed E-state index contributed by atoms with van der Waals surface area (Å²) in [4.78, 5) is 25.6. The van der Waals surface area contributed by atoms with Crippen molar-refractivity contribution in [1.29, 1.82) is 0 Å². The van der Waals surface area contributed by atoms with Crippen molar-refractivity contribution in [3.8, 4) is 11.5 Å². The first-order valence-corrected chi connectivity index (χ1v) is 9.69. The van der Waals surface area contributed by atoms with Gasteiger partial charge in [0.25, 0.3) is 11.8 Å². The molecule has 2 aromatic carbocycles. The smallest absolute Gasteiger partial charge is 0.261 e. The van der Waals surface area contributed by atoms with E-state index in [0.29, 0.717) is 11.5 Å². The van der Waals surface area contributed by atoms with E-state index in [1.54, 1.807) is 36.4 Å². The van der Waals surface area contributed by atoms with Crippen molar-refractivity contribution in [2.45, 2.75) is 0 Å². The predicted molar refractivity (Wildman–Crippen MR) is 98.8 cm³/mol. The molecule has 0 aromatic heterocycles. The Morgan fingerprint density at radius 3 is 2.15 bits per heavy atom. The number of carbonyl (C=O) groups excluding carboxylic acids is 2. The molecule has 0 unspecified atom stereocenters. The van der Waals surface area contributed by atoms with Gasteiger partial charge in [-0.2, -0.15) is 0 Å². The van der Waals surface area contributed by atoms with Crippen molar-refractivity contribution in [2.24, 2.45) is 0 Å². The summed E-state index contributed by atoms with van der Waals surface area (Å²) in [5.41, 5.74) is 0.801. The van der Waals surface area contributed by atoms with Gasteiger partial charge in [0, 0.05) is 12.6 Å². The summed E-state index contributed by atoms with van der Waals surface area (Å²) in [5.74, 6) is -0.617. The number of carbonyl (C=O) groups is 2. The highest BCUT2D eigenvalue weighted by Crippen LogP contribution is 2.30. The fraction of sp³-hybridized carbons (Fsp3) is 0.222. The number of hydrogen-bond donors (Lipinski definition) is 1. The maximum atomic E-state index is 12.4. The molecule has 1 aliphatic rings. The lowest BCUT2D eigenvalue weighted by molar-refractivity contribution is 0.0664. The monoisotopic (exact) mass is 390 g/mol. The average molecular weight is 390 g/mol. The van der Waals surface area contributed by atoms with E-state index in [1.807, 2.05) is 0 Å². The van der Waals surface area contributed by atoms with Crippen molar-refractivity contribution in [3.63, 3.8) is 0 Å². The molecule has 27 heavy (non-hydrogen) atoms. The minimum absolute atomic E-state index is 0.237. The van der Waals surface area contributed by atoms with Crippen LogP contribution in [-0.4, -0.2) is 51.6 Å². The van der Waals surface area contributed by atoms with Gasteiger partial charge in [0.1, 0.15) is 11.5 Å². The van der Waals surface area contributed by atoms with Crippen LogP contribution < -0.4 is 14.2 Å². The first-order chi connectivity index (χ1) is 12.9. The minimum atomic E-state index is -3.83. The van der Waals surface area contributed by atoms with Crippen LogP contribution in [-0.2, 0) is 10.0 Å². The van der Waals surface area contributed by atoms with Crippen LogP contribution in [0.1, 0.15) is 20.7 Å². The van der Waals surface area contributed by atoms with E-state index in [0.717, 1.165) is 4.90 Å². The van der Waals surface area contributed by atoms with E-state index >= 15 is 0 Å². The molecule has 1 aliphatic heterocycles. The Balaban J connectivity index is 1.72. The van der Waals surface area contributed by atoms with Gasteiger partial charge in [-0.25, -0.2) is 8.42 Å². The molecule has 0 saturated carbocycles. The predicted octanol–water partition coefficient (Wildman–Crippen LogP) is 1.74. The number of imide groups is 1. The number of amides is 2. The number of nitrogens with one attached hydrogen (secondary N) is 1. The maximum Gasteiger partial charge on any atom is 0.261 e. The summed E-state index contributed by atoms with van der Waals surface area (Å²) in [6.07, 6.45) is 0. The quantitative estimate of drug-likeness (QED) is 0.723. The average Bonchev–Trinajstić information content (AvgIpc) is 2.91. The summed E-state index contributed by atoms with van der Waals surface area (Å²) in [5, 5.41) is 0. The van der Waals surface area contributed by atoms with Gasteiger partial charge in [-0.15, -0.1) is 0 Å². The standard InChI is InChI=1S/C18H18N2O6S/c1-25-12-7-8-15(16(11-12)26-2)19-27(23,24)10-9-20-17(21)13-5-3-4-6-14(13)18(20)22/h3-8,11,19H,9-10H2,1-2H3. The Bertz CT molecular complexity index is 968. The van der Waals surface area contributed by atoms with Gasteiger partial charge in [-0.05, 0) is 24.3 Å². The van der Waals surface area contributed by atoms with Crippen molar-refractivity contribution in [2.75, 3.05) is 31.2 Å². The Hall–Kier alpha value is -3.07. The third kappa shape index (κ3) is 3.72. The Morgan fingerprint density at radius 2 is 1.59 bits per heavy atom. The molecule has 0 bridgehead atoms. The van der Waals surface area contributed by atoms with Gasteiger partial charge in [0.05, 0.1) is 36.8 Å². The zero-order valence-corrected chi connectivity index (χ0v) is 15.6. The number of benzene rings is 2. The van der Waals surface area contributed by atoms with Crippen molar-refractivity contribution < 1.29 is 27.5 Å². The van der Waals surface area contributed by atoms with Crippen LogP contribution in [0.4, 0.5) is 5.69 Å². The highest BCUT2D eigenvalue weighted by atomic mass is 32.2. The van der Waals surface area contributed by atoms with Gasteiger partial charge in [-0.1, -0.05) is 12.1 Å². The lowest BCUT2D eigenvalue weighted by Gasteiger charge is -2.16. The summed E-state index contributed by atoms with van der Waals surface area (Å²) in [6.45, 7) is -0.250. The molecule has 0 spiro atoms. The SMILES string of the molecule is COc1ccc(NS(=O)(=O)CCN2C(=O)c3ccccc3C2=O)c(OC)c1. The molecular formula is C18H18N2O6S. The summed E-state index contributed by atoms with van der Waals surface area (Å²) >= 11 is 0. The van der Waals surface area contributed by atoms with Gasteiger partial charge >= 0.3 is 0 Å².